The predicted molar refractivity (Wildman–Crippen MR) is 120 cm³/mol. The summed E-state index contributed by atoms with van der Waals surface area (Å²) in [5, 5.41) is 20.8. The van der Waals surface area contributed by atoms with Crippen LogP contribution in [0.1, 0.15) is 30.9 Å². The van der Waals surface area contributed by atoms with Crippen molar-refractivity contribution in [2.45, 2.75) is 30.2 Å². The van der Waals surface area contributed by atoms with Gasteiger partial charge in [0.1, 0.15) is 0 Å². The van der Waals surface area contributed by atoms with E-state index in [1.54, 1.807) is 23.1 Å². The van der Waals surface area contributed by atoms with Crippen LogP contribution in [0.2, 0.25) is 5.02 Å². The number of aromatic nitrogens is 5. The van der Waals surface area contributed by atoms with Gasteiger partial charge in [-0.2, -0.15) is 0 Å². The molecule has 30 heavy (non-hydrogen) atoms. The zero-order valence-corrected chi connectivity index (χ0v) is 18.6. The SMILES string of the molecule is CC(Sc1nnc(N2CCCC2)n1-c1cccc(Cl)c1)c1nnc(-c2cccs2)o1. The van der Waals surface area contributed by atoms with Crippen LogP contribution in [0.5, 0.6) is 0 Å². The van der Waals surface area contributed by atoms with Crippen molar-refractivity contribution in [3.8, 4) is 16.5 Å². The Kier molecular flexibility index (Phi) is 5.49. The number of thioether (sulfide) groups is 1. The molecular weight excluding hydrogens is 440 g/mol. The fourth-order valence-corrected chi connectivity index (χ4v) is 5.13. The number of hydrogen-bond acceptors (Lipinski definition) is 8. The van der Waals surface area contributed by atoms with Gasteiger partial charge in [-0.3, -0.25) is 4.57 Å². The largest absolute Gasteiger partial charge is 0.419 e. The van der Waals surface area contributed by atoms with E-state index >= 15 is 0 Å². The smallest absolute Gasteiger partial charge is 0.257 e. The molecular formula is C20H19ClN6OS2. The minimum atomic E-state index is -0.0835. The van der Waals surface area contributed by atoms with E-state index in [-0.39, 0.29) is 5.25 Å². The zero-order valence-electron chi connectivity index (χ0n) is 16.2. The van der Waals surface area contributed by atoms with Crippen LogP contribution in [0.25, 0.3) is 16.5 Å². The monoisotopic (exact) mass is 458 g/mol. The fraction of sp³-hybridized carbons (Fsp3) is 0.300. The average molecular weight is 459 g/mol. The van der Waals surface area contributed by atoms with Crippen molar-refractivity contribution in [1.29, 1.82) is 0 Å². The molecule has 0 saturated carbocycles. The van der Waals surface area contributed by atoms with Crippen LogP contribution in [0.3, 0.4) is 0 Å². The molecule has 154 valence electrons. The molecule has 1 aliphatic rings. The van der Waals surface area contributed by atoms with Gasteiger partial charge in [-0.25, -0.2) is 0 Å². The van der Waals surface area contributed by atoms with Crippen molar-refractivity contribution in [2.24, 2.45) is 0 Å². The molecule has 1 aliphatic heterocycles. The maximum absolute atomic E-state index is 6.27. The zero-order chi connectivity index (χ0) is 20.5. The minimum Gasteiger partial charge on any atom is -0.419 e. The first-order valence-corrected chi connectivity index (χ1v) is 11.8. The minimum absolute atomic E-state index is 0.0835. The molecule has 1 fully saturated rings. The summed E-state index contributed by atoms with van der Waals surface area (Å²) >= 11 is 9.39. The van der Waals surface area contributed by atoms with E-state index in [9.17, 15) is 0 Å². The second-order valence-corrected chi connectivity index (χ2v) is 9.67. The van der Waals surface area contributed by atoms with Crippen LogP contribution in [0.4, 0.5) is 5.95 Å². The van der Waals surface area contributed by atoms with Crippen molar-refractivity contribution in [3.05, 3.63) is 52.7 Å². The van der Waals surface area contributed by atoms with Crippen molar-refractivity contribution < 1.29 is 4.42 Å². The average Bonchev–Trinajstić information content (AvgIpc) is 3.55. The summed E-state index contributed by atoms with van der Waals surface area (Å²) in [6.45, 7) is 3.99. The molecule has 4 heterocycles. The summed E-state index contributed by atoms with van der Waals surface area (Å²) < 4.78 is 7.98. The fourth-order valence-electron chi connectivity index (χ4n) is 3.41. The molecule has 0 N–H and O–H groups in total. The summed E-state index contributed by atoms with van der Waals surface area (Å²) in [7, 11) is 0. The molecule has 0 amide bonds. The van der Waals surface area contributed by atoms with E-state index in [4.69, 9.17) is 16.0 Å². The Morgan fingerprint density at radius 1 is 1.10 bits per heavy atom. The maximum atomic E-state index is 6.27. The summed E-state index contributed by atoms with van der Waals surface area (Å²) in [5.74, 6) is 1.95. The third-order valence-electron chi connectivity index (χ3n) is 4.87. The highest BCUT2D eigenvalue weighted by molar-refractivity contribution is 7.99. The lowest BCUT2D eigenvalue weighted by molar-refractivity contribution is 0.510. The first kappa shape index (κ1) is 19.6. The van der Waals surface area contributed by atoms with Gasteiger partial charge in [0.05, 0.1) is 15.8 Å². The lowest BCUT2D eigenvalue weighted by atomic mass is 10.3. The second-order valence-electron chi connectivity index (χ2n) is 6.97. The first-order chi connectivity index (χ1) is 14.7. The number of rotatable bonds is 6. The molecule has 3 aromatic heterocycles. The molecule has 4 aromatic rings. The Labute approximate surface area is 187 Å². The number of nitrogens with zero attached hydrogens (tertiary/aromatic N) is 6. The molecule has 0 spiro atoms. The molecule has 1 atom stereocenters. The van der Waals surface area contributed by atoms with Crippen LogP contribution in [-0.4, -0.2) is 38.1 Å². The van der Waals surface area contributed by atoms with Gasteiger partial charge in [-0.1, -0.05) is 35.5 Å². The number of benzene rings is 1. The quantitative estimate of drug-likeness (QED) is 0.354. The lowest BCUT2D eigenvalue weighted by Gasteiger charge is -2.19. The second kappa shape index (κ2) is 8.41. The van der Waals surface area contributed by atoms with Crippen molar-refractivity contribution >= 4 is 40.6 Å². The number of hydrogen-bond donors (Lipinski definition) is 0. The van der Waals surface area contributed by atoms with Gasteiger partial charge >= 0.3 is 0 Å². The molecule has 5 rings (SSSR count). The third-order valence-corrected chi connectivity index (χ3v) is 7.00. The van der Waals surface area contributed by atoms with Gasteiger partial charge in [0.15, 0.2) is 5.16 Å². The number of thiophene rings is 1. The molecule has 0 radical (unpaired) electrons. The molecule has 1 aromatic carbocycles. The lowest BCUT2D eigenvalue weighted by Crippen LogP contribution is -2.22. The molecule has 10 heteroatoms. The summed E-state index contributed by atoms with van der Waals surface area (Å²) in [6.07, 6.45) is 2.32. The van der Waals surface area contributed by atoms with E-state index in [0.717, 1.165) is 47.6 Å². The van der Waals surface area contributed by atoms with E-state index in [0.29, 0.717) is 16.8 Å². The van der Waals surface area contributed by atoms with E-state index in [2.05, 4.69) is 29.9 Å². The number of halogens is 1. The highest BCUT2D eigenvalue weighted by Crippen LogP contribution is 2.38. The molecule has 0 bridgehead atoms. The van der Waals surface area contributed by atoms with E-state index in [1.807, 2.05) is 48.7 Å². The Hall–Kier alpha value is -2.36. The Morgan fingerprint density at radius 3 is 2.73 bits per heavy atom. The summed E-state index contributed by atoms with van der Waals surface area (Å²) in [6, 6.07) is 11.7. The Bertz CT molecular complexity index is 1140. The van der Waals surface area contributed by atoms with Crippen LogP contribution < -0.4 is 4.90 Å². The highest BCUT2D eigenvalue weighted by Gasteiger charge is 2.25. The Balaban J connectivity index is 1.46. The molecule has 1 unspecified atom stereocenters. The predicted octanol–water partition coefficient (Wildman–Crippen LogP) is 5.49. The van der Waals surface area contributed by atoms with Gasteiger partial charge in [0.25, 0.3) is 5.89 Å². The standard InChI is InChI=1S/C20H19ClN6OS2/c1-13(17-22-23-18(28-17)16-8-5-11-29-16)30-20-25-24-19(26-9-2-3-10-26)27(20)15-7-4-6-14(21)12-15/h4-8,11-13H,2-3,9-10H2,1H3. The summed E-state index contributed by atoms with van der Waals surface area (Å²) in [4.78, 5) is 3.23. The maximum Gasteiger partial charge on any atom is 0.257 e. The molecule has 1 saturated heterocycles. The third kappa shape index (κ3) is 3.84. The van der Waals surface area contributed by atoms with Crippen LogP contribution in [0, 0.1) is 0 Å². The van der Waals surface area contributed by atoms with Gasteiger partial charge in [-0.05, 0) is 49.4 Å². The Morgan fingerprint density at radius 2 is 1.97 bits per heavy atom. The van der Waals surface area contributed by atoms with Gasteiger partial charge in [0.2, 0.25) is 11.8 Å². The van der Waals surface area contributed by atoms with Crippen molar-refractivity contribution in [3.63, 3.8) is 0 Å². The normalized spacial score (nSPS) is 15.1. The number of anilines is 1. The van der Waals surface area contributed by atoms with Gasteiger partial charge in [0, 0.05) is 18.1 Å². The van der Waals surface area contributed by atoms with E-state index in [1.165, 1.54) is 0 Å². The first-order valence-electron chi connectivity index (χ1n) is 9.69. The van der Waals surface area contributed by atoms with Crippen molar-refractivity contribution in [1.82, 2.24) is 25.0 Å². The van der Waals surface area contributed by atoms with E-state index < -0.39 is 0 Å². The van der Waals surface area contributed by atoms with Crippen molar-refractivity contribution in [2.75, 3.05) is 18.0 Å². The highest BCUT2D eigenvalue weighted by atomic mass is 35.5. The molecule has 0 aliphatic carbocycles. The van der Waals surface area contributed by atoms with Gasteiger partial charge in [-0.15, -0.1) is 31.7 Å². The topological polar surface area (TPSA) is 72.9 Å². The van der Waals surface area contributed by atoms with Gasteiger partial charge < -0.3 is 9.32 Å². The van der Waals surface area contributed by atoms with Crippen LogP contribution >= 0.6 is 34.7 Å². The summed E-state index contributed by atoms with van der Waals surface area (Å²) in [5.41, 5.74) is 0.939. The molecule has 7 nitrogen and oxygen atoms in total. The van der Waals surface area contributed by atoms with Crippen LogP contribution in [0.15, 0.2) is 51.4 Å². The van der Waals surface area contributed by atoms with Crippen LogP contribution in [-0.2, 0) is 0 Å².